The molecule has 0 saturated heterocycles. The average Bonchev–Trinajstić information content (AvgIpc) is 2.54. The van der Waals surface area contributed by atoms with Crippen LogP contribution in [0.5, 0.6) is 0 Å². The summed E-state index contributed by atoms with van der Waals surface area (Å²) >= 11 is 1.58. The molecule has 60 valence electrons. The van der Waals surface area contributed by atoms with E-state index in [4.69, 9.17) is 5.73 Å². The monoisotopic (exact) mass is 177 g/mol. The van der Waals surface area contributed by atoms with E-state index < -0.39 is 0 Å². The number of thiophene rings is 1. The van der Waals surface area contributed by atoms with Crippen molar-refractivity contribution in [3.63, 3.8) is 0 Å². The van der Waals surface area contributed by atoms with Crippen LogP contribution in [0.1, 0.15) is 0 Å². The summed E-state index contributed by atoms with van der Waals surface area (Å²) in [4.78, 5) is 9.18. The van der Waals surface area contributed by atoms with Crippen molar-refractivity contribution in [2.75, 3.05) is 5.73 Å². The van der Waals surface area contributed by atoms with E-state index in [1.807, 2.05) is 11.4 Å². The van der Waals surface area contributed by atoms with Crippen molar-refractivity contribution in [2.45, 2.75) is 0 Å². The van der Waals surface area contributed by atoms with Gasteiger partial charge in [0.05, 0.1) is 16.8 Å². The van der Waals surface area contributed by atoms with Gasteiger partial charge in [0.25, 0.3) is 0 Å². The molecule has 2 aromatic heterocycles. The van der Waals surface area contributed by atoms with Gasteiger partial charge in [0.1, 0.15) is 0 Å². The van der Waals surface area contributed by atoms with Crippen molar-refractivity contribution in [3.05, 3.63) is 30.0 Å². The van der Waals surface area contributed by atoms with Crippen LogP contribution in [0.3, 0.4) is 0 Å². The van der Waals surface area contributed by atoms with Gasteiger partial charge in [-0.25, -0.2) is 0 Å². The number of anilines is 1. The van der Waals surface area contributed by atoms with Gasteiger partial charge in [-0.15, -0.1) is 11.3 Å². The number of hydrogen-bond donors (Lipinski definition) is 1. The molecular weight excluding hydrogens is 170 g/mol. The zero-order valence-electron chi connectivity index (χ0n) is 6.27. The number of aromatic nitrogens is 2. The Bertz CT molecular complexity index is 369. The standard InChI is InChI=1S/C8H7N3S/c9-6-3-8(12-5-6)7-4-10-1-2-11-7/h1-5H,9H2. The minimum Gasteiger partial charge on any atom is -0.398 e. The lowest BCUT2D eigenvalue weighted by Crippen LogP contribution is -1.80. The second-order valence-electron chi connectivity index (χ2n) is 2.33. The molecule has 4 heteroatoms. The van der Waals surface area contributed by atoms with Crippen LogP contribution in [0.2, 0.25) is 0 Å². The fraction of sp³-hybridized carbons (Fsp3) is 0. The molecule has 0 aromatic carbocycles. The molecular formula is C8H7N3S. The van der Waals surface area contributed by atoms with Crippen molar-refractivity contribution in [2.24, 2.45) is 0 Å². The zero-order chi connectivity index (χ0) is 8.39. The molecule has 3 nitrogen and oxygen atoms in total. The molecule has 0 bridgehead atoms. The Balaban J connectivity index is 2.45. The number of rotatable bonds is 1. The van der Waals surface area contributed by atoms with Crippen LogP contribution < -0.4 is 5.73 Å². The van der Waals surface area contributed by atoms with Gasteiger partial charge < -0.3 is 5.73 Å². The van der Waals surface area contributed by atoms with E-state index in [1.54, 1.807) is 29.9 Å². The van der Waals surface area contributed by atoms with Crippen LogP contribution in [0.25, 0.3) is 10.6 Å². The average molecular weight is 177 g/mol. The molecule has 0 saturated carbocycles. The highest BCUT2D eigenvalue weighted by atomic mass is 32.1. The van der Waals surface area contributed by atoms with Crippen molar-refractivity contribution >= 4 is 17.0 Å². The van der Waals surface area contributed by atoms with E-state index in [9.17, 15) is 0 Å². The van der Waals surface area contributed by atoms with Gasteiger partial charge in [-0.2, -0.15) is 0 Å². The lowest BCUT2D eigenvalue weighted by atomic mass is 10.3. The van der Waals surface area contributed by atoms with Gasteiger partial charge >= 0.3 is 0 Å². The molecule has 2 aromatic rings. The number of nitrogens with zero attached hydrogens (tertiary/aromatic N) is 2. The maximum Gasteiger partial charge on any atom is 0.0985 e. The second kappa shape index (κ2) is 2.91. The third-order valence-electron chi connectivity index (χ3n) is 1.44. The summed E-state index contributed by atoms with van der Waals surface area (Å²) in [5, 5.41) is 1.89. The third kappa shape index (κ3) is 1.29. The first-order valence-corrected chi connectivity index (χ1v) is 4.34. The topological polar surface area (TPSA) is 51.8 Å². The van der Waals surface area contributed by atoms with Crippen LogP contribution >= 0.6 is 11.3 Å². The van der Waals surface area contributed by atoms with Crippen LogP contribution in [-0.2, 0) is 0 Å². The normalized spacial score (nSPS) is 10.0. The summed E-state index contributed by atoms with van der Waals surface area (Å²) in [6, 6.07) is 1.90. The molecule has 0 aliphatic carbocycles. The van der Waals surface area contributed by atoms with Crippen molar-refractivity contribution in [1.82, 2.24) is 9.97 Å². The maximum absolute atomic E-state index is 5.58. The molecule has 2 rings (SSSR count). The van der Waals surface area contributed by atoms with Crippen molar-refractivity contribution < 1.29 is 0 Å². The van der Waals surface area contributed by atoms with Gasteiger partial charge in [-0.1, -0.05) is 0 Å². The minimum absolute atomic E-state index is 0.778. The lowest BCUT2D eigenvalue weighted by Gasteiger charge is -1.91. The van der Waals surface area contributed by atoms with E-state index in [0.717, 1.165) is 16.3 Å². The fourth-order valence-electron chi connectivity index (χ4n) is 0.912. The Kier molecular flexibility index (Phi) is 1.75. The van der Waals surface area contributed by atoms with Gasteiger partial charge in [-0.3, -0.25) is 9.97 Å². The molecule has 0 radical (unpaired) electrons. The molecule has 12 heavy (non-hydrogen) atoms. The summed E-state index contributed by atoms with van der Waals surface area (Å²) in [6.07, 6.45) is 5.05. The Morgan fingerprint density at radius 3 is 2.83 bits per heavy atom. The van der Waals surface area contributed by atoms with E-state index in [1.165, 1.54) is 0 Å². The second-order valence-corrected chi connectivity index (χ2v) is 3.25. The van der Waals surface area contributed by atoms with Gasteiger partial charge in [0, 0.05) is 23.5 Å². The Morgan fingerprint density at radius 2 is 2.25 bits per heavy atom. The number of nitrogen functional groups attached to an aromatic ring is 1. The van der Waals surface area contributed by atoms with Crippen LogP contribution in [0, 0.1) is 0 Å². The van der Waals surface area contributed by atoms with E-state index in [2.05, 4.69) is 9.97 Å². The highest BCUT2D eigenvalue weighted by Gasteiger charge is 2.00. The first-order valence-electron chi connectivity index (χ1n) is 3.46. The third-order valence-corrected chi connectivity index (χ3v) is 2.41. The predicted octanol–water partition coefficient (Wildman–Crippen LogP) is 1.79. The molecule has 0 fully saturated rings. The summed E-state index contributed by atoms with van der Waals surface area (Å²) < 4.78 is 0. The van der Waals surface area contributed by atoms with Gasteiger partial charge in [-0.05, 0) is 6.07 Å². The highest BCUT2D eigenvalue weighted by molar-refractivity contribution is 7.14. The first-order chi connectivity index (χ1) is 5.86. The fourth-order valence-corrected chi connectivity index (χ4v) is 1.67. The van der Waals surface area contributed by atoms with Crippen LogP contribution in [-0.4, -0.2) is 9.97 Å². The quantitative estimate of drug-likeness (QED) is 0.722. The smallest absolute Gasteiger partial charge is 0.0985 e. The minimum atomic E-state index is 0.778. The largest absolute Gasteiger partial charge is 0.398 e. The SMILES string of the molecule is Nc1csc(-c2cnccn2)c1. The van der Waals surface area contributed by atoms with Crippen LogP contribution in [0.4, 0.5) is 5.69 Å². The predicted molar refractivity (Wildman–Crippen MR) is 49.8 cm³/mol. The zero-order valence-corrected chi connectivity index (χ0v) is 7.08. The van der Waals surface area contributed by atoms with E-state index in [-0.39, 0.29) is 0 Å². The molecule has 0 aliphatic heterocycles. The summed E-state index contributed by atoms with van der Waals surface area (Å²) in [5.74, 6) is 0. The van der Waals surface area contributed by atoms with Crippen molar-refractivity contribution in [3.8, 4) is 10.6 Å². The summed E-state index contributed by atoms with van der Waals surface area (Å²) in [5.41, 5.74) is 7.23. The molecule has 0 atom stereocenters. The summed E-state index contributed by atoms with van der Waals surface area (Å²) in [6.45, 7) is 0. The lowest BCUT2D eigenvalue weighted by molar-refractivity contribution is 1.21. The van der Waals surface area contributed by atoms with Crippen LogP contribution in [0.15, 0.2) is 30.0 Å². The Hall–Kier alpha value is -1.42. The first kappa shape index (κ1) is 7.24. The molecule has 2 heterocycles. The summed E-state index contributed by atoms with van der Waals surface area (Å²) in [7, 11) is 0. The highest BCUT2D eigenvalue weighted by Crippen LogP contribution is 2.25. The number of nitrogens with two attached hydrogens (primary N) is 1. The molecule has 0 aliphatic rings. The van der Waals surface area contributed by atoms with E-state index in [0.29, 0.717) is 0 Å². The molecule has 0 amide bonds. The van der Waals surface area contributed by atoms with E-state index >= 15 is 0 Å². The Morgan fingerprint density at radius 1 is 1.33 bits per heavy atom. The molecule has 2 N–H and O–H groups in total. The maximum atomic E-state index is 5.58. The van der Waals surface area contributed by atoms with Gasteiger partial charge in [0.2, 0.25) is 0 Å². The molecule has 0 unspecified atom stereocenters. The molecule has 0 spiro atoms. The van der Waals surface area contributed by atoms with Crippen molar-refractivity contribution in [1.29, 1.82) is 0 Å². The Labute approximate surface area is 73.9 Å². The number of hydrogen-bond acceptors (Lipinski definition) is 4. The van der Waals surface area contributed by atoms with Gasteiger partial charge in [0.15, 0.2) is 0 Å².